The topological polar surface area (TPSA) is 88.3 Å². The molecule has 0 spiro atoms. The largest absolute Gasteiger partial charge is 0.383 e. The first-order valence-electron chi connectivity index (χ1n) is 7.05. The number of likely N-dealkylation sites (tertiary alicyclic amines) is 1. The molecule has 1 aromatic heterocycles. The van der Waals surface area contributed by atoms with Gasteiger partial charge in [0.2, 0.25) is 10.0 Å². The van der Waals surface area contributed by atoms with E-state index in [-0.39, 0.29) is 16.8 Å². The minimum Gasteiger partial charge on any atom is -0.383 e. The van der Waals surface area contributed by atoms with Crippen molar-refractivity contribution in [2.75, 3.05) is 25.4 Å². The van der Waals surface area contributed by atoms with E-state index in [1.807, 2.05) is 6.92 Å². The summed E-state index contributed by atoms with van der Waals surface area (Å²) in [7, 11) is -3.64. The normalized spacial score (nSPS) is 18.6. The number of nitrogen functional groups attached to an aromatic ring is 1. The molecular weight excluding hydrogens is 356 g/mol. The summed E-state index contributed by atoms with van der Waals surface area (Å²) < 4.78 is 27.9. The molecule has 2 rings (SSSR count). The Morgan fingerprint density at radius 2 is 2.10 bits per heavy atom. The highest BCUT2D eigenvalue weighted by molar-refractivity contribution is 9.10. The number of anilines is 1. The third kappa shape index (κ3) is 4.38. The summed E-state index contributed by atoms with van der Waals surface area (Å²) >= 11 is 3.21. The number of aromatic nitrogens is 1. The molecular formula is C13H21BrN4O2S. The minimum absolute atomic E-state index is 0.0105. The number of rotatable bonds is 5. The summed E-state index contributed by atoms with van der Waals surface area (Å²) in [5.41, 5.74) is 5.66. The molecule has 0 amide bonds. The number of pyridine rings is 1. The van der Waals surface area contributed by atoms with E-state index in [2.05, 4.69) is 30.5 Å². The number of piperidine rings is 1. The van der Waals surface area contributed by atoms with Crippen LogP contribution in [0.25, 0.3) is 0 Å². The van der Waals surface area contributed by atoms with Crippen LogP contribution in [0.1, 0.15) is 26.2 Å². The van der Waals surface area contributed by atoms with Crippen LogP contribution in [-0.4, -0.2) is 44.0 Å². The van der Waals surface area contributed by atoms with Gasteiger partial charge in [0.1, 0.15) is 10.7 Å². The van der Waals surface area contributed by atoms with Crippen LogP contribution in [0.15, 0.2) is 21.6 Å². The van der Waals surface area contributed by atoms with Gasteiger partial charge in [0.05, 0.1) is 0 Å². The maximum absolute atomic E-state index is 12.3. The first-order chi connectivity index (χ1) is 9.90. The molecule has 1 aliphatic rings. The Morgan fingerprint density at radius 3 is 2.76 bits per heavy atom. The number of hydrogen-bond acceptors (Lipinski definition) is 5. The summed E-state index contributed by atoms with van der Waals surface area (Å²) in [6.45, 7) is 4.47. The zero-order chi connectivity index (χ0) is 15.5. The molecule has 118 valence electrons. The zero-order valence-electron chi connectivity index (χ0n) is 12.0. The molecule has 0 radical (unpaired) electrons. The van der Waals surface area contributed by atoms with Gasteiger partial charge in [-0.25, -0.2) is 18.1 Å². The molecule has 3 N–H and O–H groups in total. The van der Waals surface area contributed by atoms with E-state index in [1.54, 1.807) is 0 Å². The third-order valence-corrected chi connectivity index (χ3v) is 5.61. The van der Waals surface area contributed by atoms with Crippen LogP contribution in [-0.2, 0) is 10.0 Å². The number of nitrogens with one attached hydrogen (secondary N) is 1. The Hall–Kier alpha value is -0.700. The van der Waals surface area contributed by atoms with Crippen molar-refractivity contribution in [2.24, 2.45) is 0 Å². The lowest BCUT2D eigenvalue weighted by Crippen LogP contribution is -2.44. The lowest BCUT2D eigenvalue weighted by molar-refractivity contribution is 0.175. The molecule has 1 unspecified atom stereocenters. The van der Waals surface area contributed by atoms with Gasteiger partial charge in [-0.1, -0.05) is 6.42 Å². The Labute approximate surface area is 134 Å². The van der Waals surface area contributed by atoms with Gasteiger partial charge >= 0.3 is 0 Å². The summed E-state index contributed by atoms with van der Waals surface area (Å²) in [6, 6.07) is 1.64. The van der Waals surface area contributed by atoms with Crippen LogP contribution >= 0.6 is 15.9 Å². The van der Waals surface area contributed by atoms with Crippen molar-refractivity contribution < 1.29 is 8.42 Å². The highest BCUT2D eigenvalue weighted by Gasteiger charge is 2.22. The number of sulfonamides is 1. The number of hydrogen-bond donors (Lipinski definition) is 2. The fourth-order valence-electron chi connectivity index (χ4n) is 2.44. The van der Waals surface area contributed by atoms with Crippen LogP contribution in [0.4, 0.5) is 5.82 Å². The van der Waals surface area contributed by atoms with E-state index in [0.717, 1.165) is 13.1 Å². The van der Waals surface area contributed by atoms with Gasteiger partial charge in [-0.05, 0) is 54.9 Å². The average molecular weight is 377 g/mol. The predicted octanol–water partition coefficient (Wildman–Crippen LogP) is 1.58. The van der Waals surface area contributed by atoms with Crippen molar-refractivity contribution in [1.82, 2.24) is 14.6 Å². The molecule has 1 fully saturated rings. The summed E-state index contributed by atoms with van der Waals surface area (Å²) in [4.78, 5) is 6.19. The maximum Gasteiger partial charge on any atom is 0.244 e. The van der Waals surface area contributed by atoms with E-state index in [9.17, 15) is 8.42 Å². The van der Waals surface area contributed by atoms with Crippen molar-refractivity contribution in [3.63, 3.8) is 0 Å². The highest BCUT2D eigenvalue weighted by atomic mass is 79.9. The fourth-order valence-corrected chi connectivity index (χ4v) is 4.15. The summed E-state index contributed by atoms with van der Waals surface area (Å²) in [5, 5.41) is 0. The van der Waals surface area contributed by atoms with Gasteiger partial charge in [-0.15, -0.1) is 0 Å². The maximum atomic E-state index is 12.3. The Balaban J connectivity index is 2.02. The quantitative estimate of drug-likeness (QED) is 0.814. The standard InChI is InChI=1S/C13H21BrN4O2S/c1-10(18-5-3-2-4-6-18)8-17-21(19,20)12-7-11(14)9-16-13(12)15/h7,9-10,17H,2-6,8H2,1H3,(H2,15,16). The van der Waals surface area contributed by atoms with Crippen LogP contribution in [0.5, 0.6) is 0 Å². The Bertz CT molecular complexity index is 588. The molecule has 1 aromatic rings. The molecule has 0 bridgehead atoms. The number of nitrogens with two attached hydrogens (primary N) is 1. The number of nitrogens with zero attached hydrogens (tertiary/aromatic N) is 2. The van der Waals surface area contributed by atoms with Crippen molar-refractivity contribution >= 4 is 31.8 Å². The van der Waals surface area contributed by atoms with E-state index < -0.39 is 10.0 Å². The first-order valence-corrected chi connectivity index (χ1v) is 9.32. The van der Waals surface area contributed by atoms with Gasteiger partial charge in [0, 0.05) is 23.3 Å². The van der Waals surface area contributed by atoms with Gasteiger partial charge in [0.15, 0.2) is 0 Å². The Morgan fingerprint density at radius 1 is 1.43 bits per heavy atom. The van der Waals surface area contributed by atoms with Gasteiger partial charge < -0.3 is 5.73 Å². The molecule has 0 aliphatic carbocycles. The lowest BCUT2D eigenvalue weighted by atomic mass is 10.1. The first kappa shape index (κ1) is 16.7. The minimum atomic E-state index is -3.64. The van der Waals surface area contributed by atoms with Gasteiger partial charge in [-0.2, -0.15) is 0 Å². The molecule has 2 heterocycles. The molecule has 0 aromatic carbocycles. The molecule has 0 saturated carbocycles. The van der Waals surface area contributed by atoms with E-state index in [0.29, 0.717) is 11.0 Å². The van der Waals surface area contributed by atoms with Crippen LogP contribution in [0, 0.1) is 0 Å². The molecule has 6 nitrogen and oxygen atoms in total. The van der Waals surface area contributed by atoms with Crippen LogP contribution < -0.4 is 10.5 Å². The van der Waals surface area contributed by atoms with E-state index in [4.69, 9.17) is 5.73 Å². The predicted molar refractivity (Wildman–Crippen MR) is 86.4 cm³/mol. The molecule has 1 aliphatic heterocycles. The molecule has 1 saturated heterocycles. The van der Waals surface area contributed by atoms with E-state index in [1.165, 1.54) is 31.5 Å². The average Bonchev–Trinajstić information content (AvgIpc) is 2.48. The molecule has 8 heteroatoms. The monoisotopic (exact) mass is 376 g/mol. The zero-order valence-corrected chi connectivity index (χ0v) is 14.5. The fraction of sp³-hybridized carbons (Fsp3) is 0.615. The van der Waals surface area contributed by atoms with Gasteiger partial charge in [-0.3, -0.25) is 4.90 Å². The second-order valence-electron chi connectivity index (χ2n) is 5.33. The van der Waals surface area contributed by atoms with E-state index >= 15 is 0 Å². The molecule has 1 atom stereocenters. The number of halogens is 1. The van der Waals surface area contributed by atoms with Gasteiger partial charge in [0.25, 0.3) is 0 Å². The van der Waals surface area contributed by atoms with Crippen LogP contribution in [0.2, 0.25) is 0 Å². The second kappa shape index (κ2) is 7.04. The van der Waals surface area contributed by atoms with Crippen molar-refractivity contribution in [2.45, 2.75) is 37.1 Å². The van der Waals surface area contributed by atoms with Crippen molar-refractivity contribution in [3.05, 3.63) is 16.7 Å². The SMILES string of the molecule is CC(CNS(=O)(=O)c1cc(Br)cnc1N)N1CCCCC1. The molecule has 21 heavy (non-hydrogen) atoms. The third-order valence-electron chi connectivity index (χ3n) is 3.72. The summed E-state index contributed by atoms with van der Waals surface area (Å²) in [6.07, 6.45) is 5.10. The Kier molecular flexibility index (Phi) is 5.59. The van der Waals surface area contributed by atoms with Crippen molar-refractivity contribution in [1.29, 1.82) is 0 Å². The smallest absolute Gasteiger partial charge is 0.244 e. The van der Waals surface area contributed by atoms with Crippen LogP contribution in [0.3, 0.4) is 0 Å². The summed E-state index contributed by atoms with van der Waals surface area (Å²) in [5.74, 6) is 0.0105. The van der Waals surface area contributed by atoms with Crippen molar-refractivity contribution in [3.8, 4) is 0 Å². The highest BCUT2D eigenvalue weighted by Crippen LogP contribution is 2.20. The second-order valence-corrected chi connectivity index (χ2v) is 7.99. The lowest BCUT2D eigenvalue weighted by Gasteiger charge is -2.32.